The Labute approximate surface area is 83.6 Å². The summed E-state index contributed by atoms with van der Waals surface area (Å²) in [6.07, 6.45) is 0. The zero-order valence-corrected chi connectivity index (χ0v) is 8.26. The fourth-order valence-corrected chi connectivity index (χ4v) is 1.57. The number of aliphatic hydroxyl groups excluding tert-OH is 1. The molecule has 6 heteroatoms. The number of amidine groups is 1. The normalized spacial score (nSPS) is 21.4. The smallest absolute Gasteiger partial charge is 0.153 e. The van der Waals surface area contributed by atoms with E-state index < -0.39 is 0 Å². The van der Waals surface area contributed by atoms with Gasteiger partial charge in [0.1, 0.15) is 0 Å². The standard InChI is InChI=1S/C8H18N4O2/c9-8(10-14)7-12-3-1-11(2-4-12)5-6-13/h13-14H,1-7H2,(H2,9,10). The van der Waals surface area contributed by atoms with Crippen LogP contribution in [0.3, 0.4) is 0 Å². The second-order valence-corrected chi connectivity index (χ2v) is 3.43. The maximum Gasteiger partial charge on any atom is 0.153 e. The molecule has 1 aliphatic heterocycles. The molecule has 0 bridgehead atoms. The number of nitrogens with zero attached hydrogens (tertiary/aromatic N) is 3. The van der Waals surface area contributed by atoms with E-state index in [-0.39, 0.29) is 12.4 Å². The zero-order valence-electron chi connectivity index (χ0n) is 8.26. The number of aliphatic hydroxyl groups is 1. The highest BCUT2D eigenvalue weighted by Gasteiger charge is 2.16. The molecular weight excluding hydrogens is 184 g/mol. The van der Waals surface area contributed by atoms with Crippen molar-refractivity contribution in [2.75, 3.05) is 45.9 Å². The zero-order chi connectivity index (χ0) is 10.4. The van der Waals surface area contributed by atoms with Gasteiger partial charge < -0.3 is 16.0 Å². The third-order valence-corrected chi connectivity index (χ3v) is 2.40. The van der Waals surface area contributed by atoms with Gasteiger partial charge >= 0.3 is 0 Å². The Kier molecular flexibility index (Phi) is 4.64. The Morgan fingerprint density at radius 2 is 1.79 bits per heavy atom. The van der Waals surface area contributed by atoms with Crippen LogP contribution in [0.1, 0.15) is 0 Å². The number of hydrogen-bond acceptors (Lipinski definition) is 5. The van der Waals surface area contributed by atoms with Gasteiger partial charge in [-0.25, -0.2) is 0 Å². The number of rotatable bonds is 4. The summed E-state index contributed by atoms with van der Waals surface area (Å²) in [5.74, 6) is 0.251. The highest BCUT2D eigenvalue weighted by Crippen LogP contribution is 2.00. The molecule has 0 spiro atoms. The van der Waals surface area contributed by atoms with Crippen LogP contribution in [0.25, 0.3) is 0 Å². The van der Waals surface area contributed by atoms with Crippen molar-refractivity contribution >= 4 is 5.84 Å². The van der Waals surface area contributed by atoms with Crippen molar-refractivity contribution in [1.82, 2.24) is 9.80 Å². The molecule has 14 heavy (non-hydrogen) atoms. The second kappa shape index (κ2) is 5.79. The maximum atomic E-state index is 8.74. The largest absolute Gasteiger partial charge is 0.409 e. The monoisotopic (exact) mass is 202 g/mol. The molecule has 0 radical (unpaired) electrons. The summed E-state index contributed by atoms with van der Waals surface area (Å²) in [5.41, 5.74) is 5.40. The van der Waals surface area contributed by atoms with E-state index in [4.69, 9.17) is 16.0 Å². The molecule has 1 fully saturated rings. The summed E-state index contributed by atoms with van der Waals surface area (Å²) < 4.78 is 0. The third kappa shape index (κ3) is 3.49. The van der Waals surface area contributed by atoms with Gasteiger partial charge in [0.2, 0.25) is 0 Å². The van der Waals surface area contributed by atoms with E-state index in [9.17, 15) is 0 Å². The molecule has 1 rings (SSSR count). The molecule has 0 atom stereocenters. The number of oxime groups is 1. The summed E-state index contributed by atoms with van der Waals surface area (Å²) in [5, 5.41) is 20.1. The minimum absolute atomic E-state index is 0.209. The summed E-state index contributed by atoms with van der Waals surface area (Å²) in [6, 6.07) is 0. The van der Waals surface area contributed by atoms with Gasteiger partial charge in [-0.1, -0.05) is 5.16 Å². The second-order valence-electron chi connectivity index (χ2n) is 3.43. The summed E-state index contributed by atoms with van der Waals surface area (Å²) >= 11 is 0. The molecule has 0 aromatic heterocycles. The summed E-state index contributed by atoms with van der Waals surface area (Å²) in [7, 11) is 0. The number of β-amino-alcohol motifs (C(OH)–C–C–N with tert-alkyl or cyclic N) is 1. The van der Waals surface area contributed by atoms with Gasteiger partial charge in [0.25, 0.3) is 0 Å². The van der Waals surface area contributed by atoms with Crippen LogP contribution in [0.5, 0.6) is 0 Å². The SMILES string of the molecule is N/C(CN1CCN(CCO)CC1)=N\O. The number of nitrogens with two attached hydrogens (primary N) is 1. The topological polar surface area (TPSA) is 85.3 Å². The number of piperazine rings is 1. The first-order valence-electron chi connectivity index (χ1n) is 4.78. The van der Waals surface area contributed by atoms with Crippen molar-refractivity contribution < 1.29 is 10.3 Å². The van der Waals surface area contributed by atoms with E-state index in [1.165, 1.54) is 0 Å². The van der Waals surface area contributed by atoms with E-state index in [1.54, 1.807) is 0 Å². The highest BCUT2D eigenvalue weighted by atomic mass is 16.4. The van der Waals surface area contributed by atoms with Gasteiger partial charge in [-0.3, -0.25) is 9.80 Å². The van der Waals surface area contributed by atoms with E-state index >= 15 is 0 Å². The first-order valence-corrected chi connectivity index (χ1v) is 4.78. The molecule has 0 unspecified atom stereocenters. The molecule has 0 saturated carbocycles. The molecule has 0 aromatic carbocycles. The van der Waals surface area contributed by atoms with Crippen LogP contribution in [0.15, 0.2) is 5.16 Å². The van der Waals surface area contributed by atoms with Crippen LogP contribution >= 0.6 is 0 Å². The fraction of sp³-hybridized carbons (Fsp3) is 0.875. The molecule has 0 amide bonds. The lowest BCUT2D eigenvalue weighted by atomic mass is 10.3. The first kappa shape index (κ1) is 11.2. The Balaban J connectivity index is 2.22. The Morgan fingerprint density at radius 1 is 1.21 bits per heavy atom. The van der Waals surface area contributed by atoms with Gasteiger partial charge in [0.15, 0.2) is 5.84 Å². The molecule has 82 valence electrons. The van der Waals surface area contributed by atoms with Gasteiger partial charge in [0, 0.05) is 32.7 Å². The van der Waals surface area contributed by atoms with Gasteiger partial charge in [0.05, 0.1) is 13.2 Å². The lowest BCUT2D eigenvalue weighted by Gasteiger charge is -2.33. The average molecular weight is 202 g/mol. The van der Waals surface area contributed by atoms with E-state index in [0.29, 0.717) is 6.54 Å². The minimum atomic E-state index is 0.209. The Bertz CT molecular complexity index is 190. The molecule has 6 nitrogen and oxygen atoms in total. The van der Waals surface area contributed by atoms with Crippen molar-refractivity contribution in [3.05, 3.63) is 0 Å². The lowest BCUT2D eigenvalue weighted by molar-refractivity contribution is 0.121. The fourth-order valence-electron chi connectivity index (χ4n) is 1.57. The van der Waals surface area contributed by atoms with Crippen LogP contribution < -0.4 is 5.73 Å². The van der Waals surface area contributed by atoms with Crippen molar-refractivity contribution in [3.8, 4) is 0 Å². The predicted molar refractivity (Wildman–Crippen MR) is 53.4 cm³/mol. The van der Waals surface area contributed by atoms with E-state index in [1.807, 2.05) is 0 Å². The Hall–Kier alpha value is -0.850. The molecule has 1 aliphatic rings. The summed E-state index contributed by atoms with van der Waals surface area (Å²) in [4.78, 5) is 4.33. The minimum Gasteiger partial charge on any atom is -0.409 e. The van der Waals surface area contributed by atoms with Crippen LogP contribution in [0, 0.1) is 0 Å². The quantitative estimate of drug-likeness (QED) is 0.220. The van der Waals surface area contributed by atoms with E-state index in [2.05, 4.69) is 15.0 Å². The number of hydrogen-bond donors (Lipinski definition) is 3. The van der Waals surface area contributed by atoms with Gasteiger partial charge in [-0.2, -0.15) is 0 Å². The van der Waals surface area contributed by atoms with Gasteiger partial charge in [-0.15, -0.1) is 0 Å². The first-order chi connectivity index (χ1) is 6.76. The Morgan fingerprint density at radius 3 is 2.29 bits per heavy atom. The van der Waals surface area contributed by atoms with Crippen LogP contribution in [-0.4, -0.2) is 71.8 Å². The van der Waals surface area contributed by atoms with Crippen LogP contribution in [0.4, 0.5) is 0 Å². The lowest BCUT2D eigenvalue weighted by Crippen LogP contribution is -2.49. The maximum absolute atomic E-state index is 8.74. The van der Waals surface area contributed by atoms with Gasteiger partial charge in [-0.05, 0) is 0 Å². The van der Waals surface area contributed by atoms with Crippen molar-refractivity contribution in [2.45, 2.75) is 0 Å². The molecule has 4 N–H and O–H groups in total. The molecule has 0 aliphatic carbocycles. The molecular formula is C8H18N4O2. The van der Waals surface area contributed by atoms with Crippen LogP contribution in [-0.2, 0) is 0 Å². The molecule has 0 aromatic rings. The molecule has 1 heterocycles. The van der Waals surface area contributed by atoms with Crippen molar-refractivity contribution in [3.63, 3.8) is 0 Å². The average Bonchev–Trinajstić information content (AvgIpc) is 2.21. The third-order valence-electron chi connectivity index (χ3n) is 2.40. The van der Waals surface area contributed by atoms with Crippen molar-refractivity contribution in [1.29, 1.82) is 0 Å². The van der Waals surface area contributed by atoms with E-state index in [0.717, 1.165) is 32.7 Å². The predicted octanol–water partition coefficient (Wildman–Crippen LogP) is -1.66. The summed E-state index contributed by atoms with van der Waals surface area (Å²) in [6.45, 7) is 5.12. The van der Waals surface area contributed by atoms with Crippen LogP contribution in [0.2, 0.25) is 0 Å². The molecule has 1 saturated heterocycles. The van der Waals surface area contributed by atoms with Crippen molar-refractivity contribution in [2.24, 2.45) is 10.9 Å². The highest BCUT2D eigenvalue weighted by molar-refractivity contribution is 5.81.